The van der Waals surface area contributed by atoms with Gasteiger partial charge in [0.25, 0.3) is 0 Å². The Bertz CT molecular complexity index is 965. The zero-order chi connectivity index (χ0) is 18.1. The van der Waals surface area contributed by atoms with Crippen molar-refractivity contribution in [1.82, 2.24) is 15.0 Å². The first-order valence-electron chi connectivity index (χ1n) is 8.50. The minimum Gasteiger partial charge on any atom is -0.478 e. The van der Waals surface area contributed by atoms with Gasteiger partial charge in [-0.2, -0.15) is 9.97 Å². The first-order valence-corrected chi connectivity index (χ1v) is 8.50. The minimum atomic E-state index is -1.07. The van der Waals surface area contributed by atoms with Crippen LogP contribution in [0, 0.1) is 0 Å². The van der Waals surface area contributed by atoms with Gasteiger partial charge in [-0.25, -0.2) is 4.79 Å². The molecular formula is C18H19N5O3. The van der Waals surface area contributed by atoms with E-state index < -0.39 is 5.97 Å². The zero-order valence-electron chi connectivity index (χ0n) is 14.0. The standard InChI is InChI=1S/C18H19N5O3/c24-9-10-8-12(4-5-13(10)17(25)26)21-18-22-15-14(6-7-19-15)16(23-18)20-11-2-1-3-11/h4-8,11,24H,1-3,9H2,(H,25,26)(H3,19,20,21,22,23). The Balaban J connectivity index is 1.65. The number of carboxylic acids is 1. The summed E-state index contributed by atoms with van der Waals surface area (Å²) in [6.45, 7) is -0.359. The second-order valence-corrected chi connectivity index (χ2v) is 6.37. The van der Waals surface area contributed by atoms with Crippen LogP contribution in [0.25, 0.3) is 11.0 Å². The Morgan fingerprint density at radius 2 is 2.12 bits per heavy atom. The molecular weight excluding hydrogens is 334 g/mol. The van der Waals surface area contributed by atoms with Crippen molar-refractivity contribution in [3.8, 4) is 0 Å². The van der Waals surface area contributed by atoms with Crippen LogP contribution in [0.3, 0.4) is 0 Å². The van der Waals surface area contributed by atoms with Gasteiger partial charge in [0, 0.05) is 17.9 Å². The summed E-state index contributed by atoms with van der Waals surface area (Å²) in [6.07, 6.45) is 5.31. The molecule has 0 amide bonds. The van der Waals surface area contributed by atoms with Gasteiger partial charge in [0.05, 0.1) is 17.6 Å². The summed E-state index contributed by atoms with van der Waals surface area (Å²) < 4.78 is 0. The Labute approximate surface area is 149 Å². The van der Waals surface area contributed by atoms with Crippen molar-refractivity contribution in [2.75, 3.05) is 10.6 Å². The number of hydrogen-bond donors (Lipinski definition) is 5. The van der Waals surface area contributed by atoms with Crippen LogP contribution in [-0.2, 0) is 6.61 Å². The van der Waals surface area contributed by atoms with E-state index in [0.717, 1.165) is 24.0 Å². The van der Waals surface area contributed by atoms with Crippen molar-refractivity contribution in [3.63, 3.8) is 0 Å². The maximum absolute atomic E-state index is 11.2. The quantitative estimate of drug-likeness (QED) is 0.462. The number of nitrogens with one attached hydrogen (secondary N) is 3. The van der Waals surface area contributed by atoms with Crippen molar-refractivity contribution in [1.29, 1.82) is 0 Å². The van der Waals surface area contributed by atoms with E-state index in [4.69, 9.17) is 5.11 Å². The predicted molar refractivity (Wildman–Crippen MR) is 97.8 cm³/mol. The molecule has 1 fully saturated rings. The Kier molecular flexibility index (Phi) is 4.18. The number of carboxylic acid groups (broad SMARTS) is 1. The number of carbonyl (C=O) groups is 1. The van der Waals surface area contributed by atoms with E-state index in [-0.39, 0.29) is 12.2 Å². The molecule has 8 nitrogen and oxygen atoms in total. The number of nitrogens with zero attached hydrogens (tertiary/aromatic N) is 2. The largest absolute Gasteiger partial charge is 0.478 e. The zero-order valence-corrected chi connectivity index (χ0v) is 14.0. The highest BCUT2D eigenvalue weighted by Gasteiger charge is 2.19. The molecule has 0 saturated heterocycles. The Morgan fingerprint density at radius 3 is 2.81 bits per heavy atom. The van der Waals surface area contributed by atoms with Crippen molar-refractivity contribution in [2.24, 2.45) is 0 Å². The second-order valence-electron chi connectivity index (χ2n) is 6.37. The third-order valence-corrected chi connectivity index (χ3v) is 4.62. The van der Waals surface area contributed by atoms with Crippen LogP contribution in [0.4, 0.5) is 17.5 Å². The Morgan fingerprint density at radius 1 is 1.27 bits per heavy atom. The molecule has 1 aliphatic rings. The van der Waals surface area contributed by atoms with E-state index in [2.05, 4.69) is 25.6 Å². The fourth-order valence-corrected chi connectivity index (χ4v) is 2.99. The average molecular weight is 353 g/mol. The summed E-state index contributed by atoms with van der Waals surface area (Å²) in [6, 6.07) is 7.05. The van der Waals surface area contributed by atoms with Gasteiger partial charge in [0.2, 0.25) is 5.95 Å². The molecule has 1 aromatic carbocycles. The summed E-state index contributed by atoms with van der Waals surface area (Å²) in [4.78, 5) is 23.3. The maximum atomic E-state index is 11.2. The number of fused-ring (bicyclic) bond motifs is 1. The van der Waals surface area contributed by atoms with Crippen LogP contribution < -0.4 is 10.6 Å². The molecule has 0 bridgehead atoms. The van der Waals surface area contributed by atoms with Gasteiger partial charge in [0.15, 0.2) is 0 Å². The van der Waals surface area contributed by atoms with Crippen LogP contribution >= 0.6 is 0 Å². The highest BCUT2D eigenvalue weighted by Crippen LogP contribution is 2.28. The number of aliphatic hydroxyl groups is 1. The number of aliphatic hydroxyl groups excluding tert-OH is 1. The lowest BCUT2D eigenvalue weighted by Crippen LogP contribution is -2.27. The Hall–Kier alpha value is -3.13. The van der Waals surface area contributed by atoms with Crippen molar-refractivity contribution in [2.45, 2.75) is 31.9 Å². The maximum Gasteiger partial charge on any atom is 0.336 e. The first kappa shape index (κ1) is 16.3. The fourth-order valence-electron chi connectivity index (χ4n) is 2.99. The molecule has 0 atom stereocenters. The fraction of sp³-hybridized carbons (Fsp3) is 0.278. The number of aromatic nitrogens is 3. The van der Waals surface area contributed by atoms with Crippen LogP contribution in [0.5, 0.6) is 0 Å². The van der Waals surface area contributed by atoms with E-state index in [1.54, 1.807) is 12.1 Å². The van der Waals surface area contributed by atoms with Gasteiger partial charge in [-0.1, -0.05) is 0 Å². The highest BCUT2D eigenvalue weighted by atomic mass is 16.4. The predicted octanol–water partition coefficient (Wildman–Crippen LogP) is 2.86. The van der Waals surface area contributed by atoms with Crippen LogP contribution in [0.2, 0.25) is 0 Å². The van der Waals surface area contributed by atoms with Gasteiger partial charge >= 0.3 is 5.97 Å². The molecule has 5 N–H and O–H groups in total. The number of rotatable bonds is 6. The van der Waals surface area contributed by atoms with Gasteiger partial charge in [-0.15, -0.1) is 0 Å². The van der Waals surface area contributed by atoms with E-state index >= 15 is 0 Å². The molecule has 4 rings (SSSR count). The molecule has 0 unspecified atom stereocenters. The molecule has 8 heteroatoms. The third kappa shape index (κ3) is 3.06. The number of aromatic amines is 1. The number of anilines is 3. The molecule has 0 radical (unpaired) electrons. The van der Waals surface area contributed by atoms with E-state index in [1.165, 1.54) is 12.5 Å². The molecule has 26 heavy (non-hydrogen) atoms. The smallest absolute Gasteiger partial charge is 0.336 e. The monoisotopic (exact) mass is 353 g/mol. The van der Waals surface area contributed by atoms with Gasteiger partial charge in [-0.05, 0) is 49.1 Å². The summed E-state index contributed by atoms with van der Waals surface area (Å²) in [5.41, 5.74) is 1.73. The lowest BCUT2D eigenvalue weighted by molar-refractivity contribution is 0.0693. The number of benzene rings is 1. The number of H-pyrrole nitrogens is 1. The van der Waals surface area contributed by atoms with E-state index in [9.17, 15) is 9.90 Å². The first-order chi connectivity index (χ1) is 12.6. The van der Waals surface area contributed by atoms with Crippen LogP contribution in [-0.4, -0.2) is 37.2 Å². The molecule has 1 saturated carbocycles. The molecule has 134 valence electrons. The lowest BCUT2D eigenvalue weighted by atomic mass is 9.93. The van der Waals surface area contributed by atoms with E-state index in [0.29, 0.717) is 28.9 Å². The number of aromatic carboxylic acids is 1. The normalized spacial score (nSPS) is 14.2. The minimum absolute atomic E-state index is 0.0751. The van der Waals surface area contributed by atoms with E-state index in [1.807, 2.05) is 12.3 Å². The van der Waals surface area contributed by atoms with Crippen molar-refractivity contribution in [3.05, 3.63) is 41.6 Å². The SMILES string of the molecule is O=C(O)c1ccc(Nc2nc(NC3CCC3)c3cc[nH]c3n2)cc1CO. The molecule has 2 aromatic heterocycles. The van der Waals surface area contributed by atoms with Crippen molar-refractivity contribution >= 4 is 34.5 Å². The molecule has 0 spiro atoms. The average Bonchev–Trinajstić information content (AvgIpc) is 3.06. The third-order valence-electron chi connectivity index (χ3n) is 4.62. The van der Waals surface area contributed by atoms with Crippen LogP contribution in [0.1, 0.15) is 35.2 Å². The summed E-state index contributed by atoms with van der Waals surface area (Å²) >= 11 is 0. The highest BCUT2D eigenvalue weighted by molar-refractivity contribution is 5.90. The van der Waals surface area contributed by atoms with Crippen molar-refractivity contribution < 1.29 is 15.0 Å². The van der Waals surface area contributed by atoms with Gasteiger partial charge in [0.1, 0.15) is 11.5 Å². The molecule has 0 aliphatic heterocycles. The number of hydrogen-bond acceptors (Lipinski definition) is 6. The van der Waals surface area contributed by atoms with Crippen LogP contribution in [0.15, 0.2) is 30.5 Å². The summed E-state index contributed by atoms with van der Waals surface area (Å²) in [5.74, 6) is 0.0957. The molecule has 3 aromatic rings. The molecule has 1 aliphatic carbocycles. The summed E-state index contributed by atoms with van der Waals surface area (Å²) in [7, 11) is 0. The lowest BCUT2D eigenvalue weighted by Gasteiger charge is -2.27. The topological polar surface area (TPSA) is 123 Å². The van der Waals surface area contributed by atoms with Gasteiger partial charge < -0.3 is 25.8 Å². The van der Waals surface area contributed by atoms with Gasteiger partial charge in [-0.3, -0.25) is 0 Å². The molecule has 2 heterocycles. The second kappa shape index (κ2) is 6.64. The summed E-state index contributed by atoms with van der Waals surface area (Å²) in [5, 5.41) is 26.0.